The first-order valence-corrected chi connectivity index (χ1v) is 9.70. The summed E-state index contributed by atoms with van der Waals surface area (Å²) >= 11 is 0. The van der Waals surface area contributed by atoms with E-state index in [9.17, 15) is 19.5 Å². The van der Waals surface area contributed by atoms with E-state index in [0.29, 0.717) is 0 Å². The molecule has 7 heteroatoms. The molecule has 0 aromatic heterocycles. The summed E-state index contributed by atoms with van der Waals surface area (Å²) in [6.45, 7) is 1.53. The van der Waals surface area contributed by atoms with Crippen LogP contribution in [0.4, 0.5) is 0 Å². The number of carboxylic acid groups (broad SMARTS) is 1. The Morgan fingerprint density at radius 1 is 0.935 bits per heavy atom. The van der Waals surface area contributed by atoms with Crippen LogP contribution < -0.4 is 10.6 Å². The highest BCUT2D eigenvalue weighted by Gasteiger charge is 2.25. The minimum absolute atomic E-state index is 0.0420. The van der Waals surface area contributed by atoms with E-state index in [1.54, 1.807) is 6.07 Å². The van der Waals surface area contributed by atoms with E-state index in [0.717, 1.165) is 16.3 Å². The molecule has 0 aliphatic carbocycles. The first-order valence-electron chi connectivity index (χ1n) is 9.70. The number of fused-ring (bicyclic) bond motifs is 1. The van der Waals surface area contributed by atoms with Gasteiger partial charge in [0.2, 0.25) is 5.91 Å². The predicted molar refractivity (Wildman–Crippen MR) is 116 cm³/mol. The summed E-state index contributed by atoms with van der Waals surface area (Å²) in [5.41, 5.74) is 0.616. The van der Waals surface area contributed by atoms with Crippen LogP contribution in [0.15, 0.2) is 66.7 Å². The summed E-state index contributed by atoms with van der Waals surface area (Å²) in [5, 5.41) is 25.6. The minimum atomic E-state index is -1.24. The maximum Gasteiger partial charge on any atom is 0.336 e. The Kier molecular flexibility index (Phi) is 6.63. The first kappa shape index (κ1) is 21.5. The number of hydrogen-bond acceptors (Lipinski definition) is 4. The molecule has 3 aromatic carbocycles. The smallest absolute Gasteiger partial charge is 0.336 e. The second kappa shape index (κ2) is 9.55. The van der Waals surface area contributed by atoms with Crippen molar-refractivity contribution in [1.82, 2.24) is 10.6 Å². The van der Waals surface area contributed by atoms with E-state index in [-0.39, 0.29) is 17.5 Å². The lowest BCUT2D eigenvalue weighted by Gasteiger charge is -2.20. The summed E-state index contributed by atoms with van der Waals surface area (Å²) in [7, 11) is 0. The van der Waals surface area contributed by atoms with E-state index < -0.39 is 29.9 Å². The van der Waals surface area contributed by atoms with Crippen LogP contribution in [-0.4, -0.2) is 35.0 Å². The van der Waals surface area contributed by atoms with Crippen molar-refractivity contribution in [3.8, 4) is 6.07 Å². The molecule has 3 rings (SSSR count). The number of rotatable bonds is 7. The number of amides is 2. The number of aromatic carboxylic acids is 1. The van der Waals surface area contributed by atoms with Gasteiger partial charge in [0.15, 0.2) is 0 Å². The molecule has 0 bridgehead atoms. The highest BCUT2D eigenvalue weighted by atomic mass is 16.4. The fourth-order valence-corrected chi connectivity index (χ4v) is 3.26. The van der Waals surface area contributed by atoms with E-state index in [2.05, 4.69) is 10.6 Å². The Balaban J connectivity index is 1.89. The SMILES string of the molecule is CC(C#N)NC(=O)C(Cc1ccc2ccccc2c1)NC(=O)c1ccccc1C(=O)O. The highest BCUT2D eigenvalue weighted by Crippen LogP contribution is 2.17. The van der Waals surface area contributed by atoms with Crippen molar-refractivity contribution in [2.45, 2.75) is 25.4 Å². The number of carboxylic acids is 1. The van der Waals surface area contributed by atoms with Crippen LogP contribution in [0.25, 0.3) is 10.8 Å². The molecule has 3 aromatic rings. The lowest BCUT2D eigenvalue weighted by molar-refractivity contribution is -0.123. The van der Waals surface area contributed by atoms with Crippen molar-refractivity contribution in [2.75, 3.05) is 0 Å². The van der Waals surface area contributed by atoms with Crippen molar-refractivity contribution < 1.29 is 19.5 Å². The summed E-state index contributed by atoms with van der Waals surface area (Å²) in [6.07, 6.45) is 0.176. The van der Waals surface area contributed by atoms with Gasteiger partial charge in [-0.25, -0.2) is 4.79 Å². The zero-order valence-corrected chi connectivity index (χ0v) is 16.8. The third-order valence-corrected chi connectivity index (χ3v) is 4.83. The third-order valence-electron chi connectivity index (χ3n) is 4.83. The van der Waals surface area contributed by atoms with Gasteiger partial charge in [-0.2, -0.15) is 5.26 Å². The maximum absolute atomic E-state index is 12.8. The molecule has 0 aliphatic rings. The summed E-state index contributed by atoms with van der Waals surface area (Å²) in [6, 6.07) is 19.5. The zero-order valence-electron chi connectivity index (χ0n) is 16.8. The zero-order chi connectivity index (χ0) is 22.4. The molecule has 0 radical (unpaired) electrons. The van der Waals surface area contributed by atoms with E-state index in [4.69, 9.17) is 5.26 Å². The number of nitrogens with one attached hydrogen (secondary N) is 2. The third kappa shape index (κ3) is 5.25. The Hall–Kier alpha value is -4.18. The molecule has 2 atom stereocenters. The summed E-state index contributed by atoms with van der Waals surface area (Å²) in [4.78, 5) is 37.0. The molecule has 2 amide bonds. The molecular weight excluding hydrogens is 394 g/mol. The first-order chi connectivity index (χ1) is 14.9. The fourth-order valence-electron chi connectivity index (χ4n) is 3.26. The molecule has 3 N–H and O–H groups in total. The molecule has 0 fully saturated rings. The average Bonchev–Trinajstić information content (AvgIpc) is 2.78. The molecule has 156 valence electrons. The van der Waals surface area contributed by atoms with Crippen LogP contribution in [0.3, 0.4) is 0 Å². The van der Waals surface area contributed by atoms with Gasteiger partial charge in [0.1, 0.15) is 12.1 Å². The number of hydrogen-bond donors (Lipinski definition) is 3. The van der Waals surface area contributed by atoms with Crippen molar-refractivity contribution in [3.63, 3.8) is 0 Å². The number of carbonyl (C=O) groups excluding carboxylic acids is 2. The summed E-state index contributed by atoms with van der Waals surface area (Å²) in [5.74, 6) is -2.44. The van der Waals surface area contributed by atoms with Gasteiger partial charge in [-0.3, -0.25) is 9.59 Å². The number of nitriles is 1. The average molecular weight is 415 g/mol. The molecule has 0 aliphatic heterocycles. The lowest BCUT2D eigenvalue weighted by atomic mass is 10.00. The predicted octanol–water partition coefficient (Wildman–Crippen LogP) is 2.91. The highest BCUT2D eigenvalue weighted by molar-refractivity contribution is 6.06. The van der Waals surface area contributed by atoms with E-state index in [1.165, 1.54) is 25.1 Å². The van der Waals surface area contributed by atoms with Crippen molar-refractivity contribution in [3.05, 3.63) is 83.4 Å². The van der Waals surface area contributed by atoms with E-state index in [1.807, 2.05) is 48.5 Å². The van der Waals surface area contributed by atoms with Crippen LogP contribution in [0.2, 0.25) is 0 Å². The van der Waals surface area contributed by atoms with Gasteiger partial charge in [-0.1, -0.05) is 54.6 Å². The van der Waals surface area contributed by atoms with Crippen molar-refractivity contribution in [2.24, 2.45) is 0 Å². The maximum atomic E-state index is 12.8. The van der Waals surface area contributed by atoms with Gasteiger partial charge in [0, 0.05) is 6.42 Å². The number of benzene rings is 3. The van der Waals surface area contributed by atoms with Gasteiger partial charge in [-0.05, 0) is 35.4 Å². The molecule has 0 saturated heterocycles. The van der Waals surface area contributed by atoms with Gasteiger partial charge >= 0.3 is 5.97 Å². The minimum Gasteiger partial charge on any atom is -0.478 e. The second-order valence-corrected chi connectivity index (χ2v) is 7.12. The lowest BCUT2D eigenvalue weighted by Crippen LogP contribution is -2.50. The molecule has 7 nitrogen and oxygen atoms in total. The quantitative estimate of drug-likeness (QED) is 0.548. The number of carbonyl (C=O) groups is 3. The standard InChI is InChI=1S/C24H21N3O4/c1-15(14-25)26-23(29)21(13-16-10-11-17-6-2-3-7-18(17)12-16)27-22(28)19-8-4-5-9-20(19)24(30)31/h2-12,15,21H,13H2,1H3,(H,26,29)(H,27,28)(H,30,31). The van der Waals surface area contributed by atoms with Crippen LogP contribution in [0.1, 0.15) is 33.2 Å². The van der Waals surface area contributed by atoms with Crippen LogP contribution in [0.5, 0.6) is 0 Å². The molecule has 0 heterocycles. The fraction of sp³-hybridized carbons (Fsp3) is 0.167. The van der Waals surface area contributed by atoms with Crippen molar-refractivity contribution >= 4 is 28.6 Å². The Morgan fingerprint density at radius 3 is 2.26 bits per heavy atom. The van der Waals surface area contributed by atoms with Crippen LogP contribution >= 0.6 is 0 Å². The Labute approximate surface area is 179 Å². The van der Waals surface area contributed by atoms with Gasteiger partial charge < -0.3 is 15.7 Å². The monoisotopic (exact) mass is 415 g/mol. The molecule has 2 unspecified atom stereocenters. The van der Waals surface area contributed by atoms with Gasteiger partial charge in [0.25, 0.3) is 5.91 Å². The summed E-state index contributed by atoms with van der Waals surface area (Å²) < 4.78 is 0. The van der Waals surface area contributed by atoms with E-state index >= 15 is 0 Å². The largest absolute Gasteiger partial charge is 0.478 e. The van der Waals surface area contributed by atoms with Crippen LogP contribution in [0, 0.1) is 11.3 Å². The van der Waals surface area contributed by atoms with Gasteiger partial charge in [0.05, 0.1) is 17.2 Å². The number of nitrogens with zero attached hydrogens (tertiary/aromatic N) is 1. The Bertz CT molecular complexity index is 1180. The Morgan fingerprint density at radius 2 is 1.58 bits per heavy atom. The molecule has 31 heavy (non-hydrogen) atoms. The molecule has 0 spiro atoms. The van der Waals surface area contributed by atoms with Gasteiger partial charge in [-0.15, -0.1) is 0 Å². The second-order valence-electron chi connectivity index (χ2n) is 7.12. The van der Waals surface area contributed by atoms with Crippen LogP contribution in [-0.2, 0) is 11.2 Å². The molecular formula is C24H21N3O4. The molecule has 0 saturated carbocycles. The normalized spacial score (nSPS) is 12.4. The van der Waals surface area contributed by atoms with Crippen molar-refractivity contribution in [1.29, 1.82) is 5.26 Å². The topological polar surface area (TPSA) is 119 Å².